The number of amides is 3. The standard InChI is InChI=1S/C24H33N3O4/c1-2-3-13-26(24(29)25-16-20-9-5-4-6-10-20)19-23(28)27(17-21-11-7-14-30-21)18-22-12-8-15-31-22/h4-7,9-11,14,22H,2-3,8,12-13,15-19H2,1H3,(H,25,29). The number of furan rings is 1. The van der Waals surface area contributed by atoms with Crippen molar-refractivity contribution in [3.63, 3.8) is 0 Å². The summed E-state index contributed by atoms with van der Waals surface area (Å²) in [7, 11) is 0. The molecule has 7 heteroatoms. The van der Waals surface area contributed by atoms with Crippen molar-refractivity contribution < 1.29 is 18.7 Å². The Morgan fingerprint density at radius 3 is 2.65 bits per heavy atom. The van der Waals surface area contributed by atoms with Crippen LogP contribution in [0.25, 0.3) is 0 Å². The number of nitrogens with zero attached hydrogens (tertiary/aromatic N) is 2. The zero-order valence-electron chi connectivity index (χ0n) is 18.3. The second kappa shape index (κ2) is 12.2. The second-order valence-electron chi connectivity index (χ2n) is 7.91. The first-order chi connectivity index (χ1) is 15.2. The molecule has 2 heterocycles. The molecule has 1 aromatic heterocycles. The van der Waals surface area contributed by atoms with Gasteiger partial charge in [-0.1, -0.05) is 43.7 Å². The van der Waals surface area contributed by atoms with E-state index in [9.17, 15) is 9.59 Å². The molecule has 1 atom stereocenters. The van der Waals surface area contributed by atoms with Gasteiger partial charge in [0.25, 0.3) is 0 Å². The monoisotopic (exact) mass is 427 g/mol. The van der Waals surface area contributed by atoms with E-state index in [4.69, 9.17) is 9.15 Å². The SMILES string of the molecule is CCCCN(CC(=O)N(Cc1ccco1)CC1CCCO1)C(=O)NCc1ccccc1. The van der Waals surface area contributed by atoms with E-state index in [2.05, 4.69) is 12.2 Å². The lowest BCUT2D eigenvalue weighted by Crippen LogP contribution is -2.48. The molecule has 1 aliphatic rings. The first-order valence-electron chi connectivity index (χ1n) is 11.1. The van der Waals surface area contributed by atoms with Crippen LogP contribution in [0.5, 0.6) is 0 Å². The summed E-state index contributed by atoms with van der Waals surface area (Å²) < 4.78 is 11.2. The van der Waals surface area contributed by atoms with Crippen LogP contribution in [0.1, 0.15) is 43.9 Å². The number of benzene rings is 1. The molecule has 1 fully saturated rings. The van der Waals surface area contributed by atoms with Gasteiger partial charge in [0.1, 0.15) is 12.3 Å². The maximum absolute atomic E-state index is 13.2. The molecule has 3 amide bonds. The largest absolute Gasteiger partial charge is 0.467 e. The van der Waals surface area contributed by atoms with Gasteiger partial charge in [-0.3, -0.25) is 4.79 Å². The molecule has 1 saturated heterocycles. The Morgan fingerprint density at radius 2 is 1.97 bits per heavy atom. The summed E-state index contributed by atoms with van der Waals surface area (Å²) in [4.78, 5) is 29.4. The summed E-state index contributed by atoms with van der Waals surface area (Å²) in [5, 5.41) is 2.94. The van der Waals surface area contributed by atoms with Crippen LogP contribution in [0.2, 0.25) is 0 Å². The molecule has 0 spiro atoms. The van der Waals surface area contributed by atoms with E-state index in [0.29, 0.717) is 26.2 Å². The van der Waals surface area contributed by atoms with Crippen LogP contribution in [0.3, 0.4) is 0 Å². The molecule has 168 valence electrons. The van der Waals surface area contributed by atoms with Gasteiger partial charge in [-0.2, -0.15) is 0 Å². The third-order valence-electron chi connectivity index (χ3n) is 5.41. The lowest BCUT2D eigenvalue weighted by molar-refractivity contribution is -0.134. The molecule has 1 unspecified atom stereocenters. The van der Waals surface area contributed by atoms with Crippen molar-refractivity contribution in [2.45, 2.75) is 51.8 Å². The lowest BCUT2D eigenvalue weighted by Gasteiger charge is -2.29. The number of hydrogen-bond acceptors (Lipinski definition) is 4. The van der Waals surface area contributed by atoms with E-state index >= 15 is 0 Å². The van der Waals surface area contributed by atoms with Gasteiger partial charge in [-0.15, -0.1) is 0 Å². The zero-order valence-corrected chi connectivity index (χ0v) is 18.3. The maximum Gasteiger partial charge on any atom is 0.318 e. The number of unbranched alkanes of at least 4 members (excludes halogenated alkanes) is 1. The quantitative estimate of drug-likeness (QED) is 0.592. The van der Waals surface area contributed by atoms with Crippen molar-refractivity contribution in [1.82, 2.24) is 15.1 Å². The topological polar surface area (TPSA) is 75.0 Å². The molecule has 2 aromatic rings. The third-order valence-corrected chi connectivity index (χ3v) is 5.41. The minimum atomic E-state index is -0.222. The average molecular weight is 428 g/mol. The molecule has 0 radical (unpaired) electrons. The van der Waals surface area contributed by atoms with Crippen molar-refractivity contribution in [2.24, 2.45) is 0 Å². The summed E-state index contributed by atoms with van der Waals surface area (Å²) >= 11 is 0. The Bertz CT molecular complexity index is 788. The van der Waals surface area contributed by atoms with Gasteiger partial charge in [-0.25, -0.2) is 4.79 Å². The summed E-state index contributed by atoms with van der Waals surface area (Å²) in [5.74, 6) is 0.623. The molecule has 0 saturated carbocycles. The van der Waals surface area contributed by atoms with Crippen LogP contribution < -0.4 is 5.32 Å². The van der Waals surface area contributed by atoms with Crippen molar-refractivity contribution in [3.05, 3.63) is 60.1 Å². The average Bonchev–Trinajstić information content (AvgIpc) is 3.49. The molecule has 3 rings (SSSR count). The van der Waals surface area contributed by atoms with E-state index < -0.39 is 0 Å². The van der Waals surface area contributed by atoms with Gasteiger partial charge in [0.2, 0.25) is 5.91 Å². The highest BCUT2D eigenvalue weighted by Gasteiger charge is 2.26. The summed E-state index contributed by atoms with van der Waals surface area (Å²) in [5.41, 5.74) is 1.02. The predicted octanol–water partition coefficient (Wildman–Crippen LogP) is 3.80. The first kappa shape index (κ1) is 22.9. The van der Waals surface area contributed by atoms with Crippen molar-refractivity contribution in [3.8, 4) is 0 Å². The van der Waals surface area contributed by atoms with E-state index in [1.54, 1.807) is 16.1 Å². The Balaban J connectivity index is 1.62. The van der Waals surface area contributed by atoms with Crippen molar-refractivity contribution >= 4 is 11.9 Å². The van der Waals surface area contributed by atoms with E-state index in [1.165, 1.54) is 0 Å². The summed E-state index contributed by atoms with van der Waals surface area (Å²) in [6.07, 6.45) is 5.39. The number of carbonyl (C=O) groups is 2. The van der Waals surface area contributed by atoms with Gasteiger partial charge < -0.3 is 24.3 Å². The van der Waals surface area contributed by atoms with Crippen LogP contribution in [-0.2, 0) is 22.6 Å². The van der Waals surface area contributed by atoms with Crippen LogP contribution in [-0.4, -0.2) is 54.1 Å². The van der Waals surface area contributed by atoms with Gasteiger partial charge >= 0.3 is 6.03 Å². The lowest BCUT2D eigenvalue weighted by atomic mass is 10.2. The van der Waals surface area contributed by atoms with Crippen molar-refractivity contribution in [1.29, 1.82) is 0 Å². The Labute approximate surface area is 184 Å². The highest BCUT2D eigenvalue weighted by Crippen LogP contribution is 2.16. The first-order valence-corrected chi connectivity index (χ1v) is 11.1. The molecule has 1 aliphatic heterocycles. The summed E-state index contributed by atoms with van der Waals surface area (Å²) in [6.45, 7) is 4.69. The van der Waals surface area contributed by atoms with Crippen LogP contribution in [0.4, 0.5) is 4.79 Å². The Morgan fingerprint density at radius 1 is 1.13 bits per heavy atom. The maximum atomic E-state index is 13.2. The fourth-order valence-corrected chi connectivity index (χ4v) is 3.63. The number of nitrogens with one attached hydrogen (secondary N) is 1. The van der Waals surface area contributed by atoms with Gasteiger partial charge in [0.15, 0.2) is 0 Å². The number of carbonyl (C=O) groups excluding carboxylic acids is 2. The van der Waals surface area contributed by atoms with Crippen molar-refractivity contribution in [2.75, 3.05) is 26.2 Å². The number of urea groups is 1. The minimum absolute atomic E-state index is 0.0358. The second-order valence-corrected chi connectivity index (χ2v) is 7.91. The smallest absolute Gasteiger partial charge is 0.318 e. The zero-order chi connectivity index (χ0) is 21.9. The Kier molecular flexibility index (Phi) is 8.97. The van der Waals surface area contributed by atoms with Gasteiger partial charge in [-0.05, 0) is 37.0 Å². The number of rotatable bonds is 11. The van der Waals surface area contributed by atoms with E-state index in [0.717, 1.165) is 43.6 Å². The third kappa shape index (κ3) is 7.43. The molecule has 1 aromatic carbocycles. The number of hydrogen-bond donors (Lipinski definition) is 1. The fourth-order valence-electron chi connectivity index (χ4n) is 3.63. The molecule has 1 N–H and O–H groups in total. The number of ether oxygens (including phenoxy) is 1. The van der Waals surface area contributed by atoms with Crippen LogP contribution >= 0.6 is 0 Å². The van der Waals surface area contributed by atoms with Gasteiger partial charge in [0.05, 0.1) is 18.9 Å². The Hall–Kier alpha value is -2.80. The molecule has 7 nitrogen and oxygen atoms in total. The minimum Gasteiger partial charge on any atom is -0.467 e. The van der Waals surface area contributed by atoms with Crippen LogP contribution in [0, 0.1) is 0 Å². The molecular weight excluding hydrogens is 394 g/mol. The fraction of sp³-hybridized carbons (Fsp3) is 0.500. The van der Waals surface area contributed by atoms with E-state index in [1.807, 2.05) is 42.5 Å². The van der Waals surface area contributed by atoms with Crippen LogP contribution in [0.15, 0.2) is 53.1 Å². The van der Waals surface area contributed by atoms with Gasteiger partial charge in [0, 0.05) is 26.2 Å². The highest BCUT2D eigenvalue weighted by molar-refractivity contribution is 5.84. The van der Waals surface area contributed by atoms with E-state index in [-0.39, 0.29) is 24.6 Å². The molecule has 0 aliphatic carbocycles. The molecule has 0 bridgehead atoms. The highest BCUT2D eigenvalue weighted by atomic mass is 16.5. The molecule has 31 heavy (non-hydrogen) atoms. The predicted molar refractivity (Wildman–Crippen MR) is 118 cm³/mol. The normalized spacial score (nSPS) is 15.6. The molecular formula is C24H33N3O4. The summed E-state index contributed by atoms with van der Waals surface area (Å²) in [6, 6.07) is 13.2.